The number of sulfonamides is 1. The molecule has 0 amide bonds. The summed E-state index contributed by atoms with van der Waals surface area (Å²) in [4.78, 5) is 0.342. The van der Waals surface area contributed by atoms with Crippen LogP contribution in [-0.2, 0) is 16.6 Å². The maximum Gasteiger partial charge on any atom is 0.244 e. The summed E-state index contributed by atoms with van der Waals surface area (Å²) in [6.07, 6.45) is 3.41. The molecule has 0 unspecified atom stereocenters. The van der Waals surface area contributed by atoms with Crippen LogP contribution in [0.2, 0.25) is 0 Å². The first-order valence-corrected chi connectivity index (χ1v) is 9.18. The number of aryl methyl sites for hydroxylation is 1. The van der Waals surface area contributed by atoms with Crippen LogP contribution in [-0.4, -0.2) is 37.8 Å². The lowest BCUT2D eigenvalue weighted by Crippen LogP contribution is -2.26. The molecule has 120 valence electrons. The van der Waals surface area contributed by atoms with E-state index in [9.17, 15) is 8.42 Å². The van der Waals surface area contributed by atoms with Crippen LogP contribution in [0.3, 0.4) is 0 Å². The molecule has 1 aliphatic carbocycles. The van der Waals surface area contributed by atoms with Crippen molar-refractivity contribution in [2.45, 2.75) is 51.5 Å². The summed E-state index contributed by atoms with van der Waals surface area (Å²) < 4.78 is 29.4. The molecule has 2 rings (SSSR count). The van der Waals surface area contributed by atoms with Crippen molar-refractivity contribution in [2.75, 3.05) is 19.6 Å². The molecule has 0 radical (unpaired) electrons. The molecule has 1 aromatic rings. The summed E-state index contributed by atoms with van der Waals surface area (Å²) in [5.74, 6) is 0.720. The molecule has 0 aromatic carbocycles. The summed E-state index contributed by atoms with van der Waals surface area (Å²) in [5.41, 5.74) is 1.28. The molecule has 1 aromatic heterocycles. The van der Waals surface area contributed by atoms with Crippen LogP contribution >= 0.6 is 0 Å². The Morgan fingerprint density at radius 3 is 2.62 bits per heavy atom. The van der Waals surface area contributed by atoms with Gasteiger partial charge in [-0.2, -0.15) is 5.10 Å². The van der Waals surface area contributed by atoms with Crippen molar-refractivity contribution in [1.82, 2.24) is 19.8 Å². The van der Waals surface area contributed by atoms with E-state index in [2.05, 4.69) is 15.1 Å². The Labute approximate surface area is 127 Å². The highest BCUT2D eigenvalue weighted by atomic mass is 32.2. The van der Waals surface area contributed by atoms with Gasteiger partial charge < -0.3 is 5.32 Å². The molecule has 1 aliphatic rings. The van der Waals surface area contributed by atoms with Crippen LogP contribution in [0.25, 0.3) is 0 Å². The van der Waals surface area contributed by atoms with E-state index in [1.54, 1.807) is 11.6 Å². The maximum atomic E-state index is 12.4. The molecule has 1 saturated carbocycles. The summed E-state index contributed by atoms with van der Waals surface area (Å²) in [6, 6.07) is 0. The van der Waals surface area contributed by atoms with Gasteiger partial charge in [0.15, 0.2) is 0 Å². The van der Waals surface area contributed by atoms with Gasteiger partial charge in [0.2, 0.25) is 10.0 Å². The maximum absolute atomic E-state index is 12.4. The van der Waals surface area contributed by atoms with Gasteiger partial charge in [-0.05, 0) is 32.7 Å². The zero-order chi connectivity index (χ0) is 15.5. The van der Waals surface area contributed by atoms with Crippen LogP contribution in [0.15, 0.2) is 4.90 Å². The molecule has 0 bridgehead atoms. The van der Waals surface area contributed by atoms with Gasteiger partial charge in [-0.25, -0.2) is 13.1 Å². The second kappa shape index (κ2) is 6.89. The minimum absolute atomic E-state index is 0.342. The molecule has 7 heteroatoms. The number of nitrogens with zero attached hydrogens (tertiary/aromatic N) is 2. The predicted octanol–water partition coefficient (Wildman–Crippen LogP) is 1.19. The van der Waals surface area contributed by atoms with E-state index in [0.29, 0.717) is 29.4 Å². The molecule has 2 N–H and O–H groups in total. The van der Waals surface area contributed by atoms with Gasteiger partial charge in [0.1, 0.15) is 4.90 Å². The zero-order valence-corrected chi connectivity index (χ0v) is 14.0. The normalized spacial score (nSPS) is 15.6. The highest BCUT2D eigenvalue weighted by molar-refractivity contribution is 7.89. The SMILES string of the molecule is CCNCCn1nc(C)c(S(=O)(=O)NCCC2CC2)c1C. The molecule has 1 heterocycles. The standard InChI is InChI=1S/C14H26N4O2S/c1-4-15-9-10-18-12(3)14(11(2)17-18)21(19,20)16-8-7-13-5-6-13/h13,15-16H,4-10H2,1-3H3. The van der Waals surface area contributed by atoms with Gasteiger partial charge in [-0.1, -0.05) is 19.8 Å². The molecular formula is C14H26N4O2S. The van der Waals surface area contributed by atoms with Crippen molar-refractivity contribution in [3.05, 3.63) is 11.4 Å². The van der Waals surface area contributed by atoms with Gasteiger partial charge in [-0.15, -0.1) is 0 Å². The first-order valence-electron chi connectivity index (χ1n) is 7.70. The minimum atomic E-state index is -3.45. The van der Waals surface area contributed by atoms with Gasteiger partial charge in [0.25, 0.3) is 0 Å². The quantitative estimate of drug-likeness (QED) is 0.671. The third-order valence-electron chi connectivity index (χ3n) is 3.88. The molecule has 21 heavy (non-hydrogen) atoms. The Hall–Kier alpha value is -0.920. The number of rotatable bonds is 9. The lowest BCUT2D eigenvalue weighted by atomic mass is 10.3. The van der Waals surface area contributed by atoms with E-state index < -0.39 is 10.0 Å². The average Bonchev–Trinajstić information content (AvgIpc) is 3.16. The molecular weight excluding hydrogens is 288 g/mol. The van der Waals surface area contributed by atoms with Gasteiger partial charge in [-0.3, -0.25) is 4.68 Å². The monoisotopic (exact) mass is 314 g/mol. The Balaban J connectivity index is 2.05. The topological polar surface area (TPSA) is 76.0 Å². The van der Waals surface area contributed by atoms with Gasteiger partial charge in [0, 0.05) is 13.1 Å². The van der Waals surface area contributed by atoms with Gasteiger partial charge >= 0.3 is 0 Å². The van der Waals surface area contributed by atoms with Crippen molar-refractivity contribution >= 4 is 10.0 Å². The van der Waals surface area contributed by atoms with E-state index in [4.69, 9.17) is 0 Å². The van der Waals surface area contributed by atoms with Crippen LogP contribution in [0.1, 0.15) is 37.6 Å². The van der Waals surface area contributed by atoms with E-state index in [1.807, 2.05) is 13.8 Å². The largest absolute Gasteiger partial charge is 0.315 e. The Kier molecular flexibility index (Phi) is 5.40. The Bertz CT molecular complexity index is 576. The third kappa shape index (κ3) is 4.28. The predicted molar refractivity (Wildman–Crippen MR) is 82.8 cm³/mol. The zero-order valence-electron chi connectivity index (χ0n) is 13.1. The minimum Gasteiger partial charge on any atom is -0.315 e. The smallest absolute Gasteiger partial charge is 0.244 e. The molecule has 0 atom stereocenters. The Morgan fingerprint density at radius 1 is 1.29 bits per heavy atom. The first-order chi connectivity index (χ1) is 9.95. The number of hydrogen-bond acceptors (Lipinski definition) is 4. The highest BCUT2D eigenvalue weighted by Crippen LogP contribution is 2.32. The molecule has 0 saturated heterocycles. The lowest BCUT2D eigenvalue weighted by Gasteiger charge is -2.08. The number of nitrogens with one attached hydrogen (secondary N) is 2. The summed E-state index contributed by atoms with van der Waals surface area (Å²) >= 11 is 0. The molecule has 6 nitrogen and oxygen atoms in total. The van der Waals surface area contributed by atoms with E-state index in [0.717, 1.165) is 25.4 Å². The first kappa shape index (κ1) is 16.5. The molecule has 0 spiro atoms. The van der Waals surface area contributed by atoms with Crippen molar-refractivity contribution in [2.24, 2.45) is 5.92 Å². The summed E-state index contributed by atoms with van der Waals surface area (Å²) in [6.45, 7) is 8.50. The van der Waals surface area contributed by atoms with E-state index in [-0.39, 0.29) is 0 Å². The molecule has 1 fully saturated rings. The Morgan fingerprint density at radius 2 is 2.00 bits per heavy atom. The van der Waals surface area contributed by atoms with Crippen LogP contribution in [0.5, 0.6) is 0 Å². The van der Waals surface area contributed by atoms with Crippen molar-refractivity contribution < 1.29 is 8.42 Å². The second-order valence-corrected chi connectivity index (χ2v) is 7.41. The van der Waals surface area contributed by atoms with Gasteiger partial charge in [0.05, 0.1) is 17.9 Å². The fraction of sp³-hybridized carbons (Fsp3) is 0.786. The highest BCUT2D eigenvalue weighted by Gasteiger charge is 2.26. The van der Waals surface area contributed by atoms with Crippen LogP contribution in [0, 0.1) is 19.8 Å². The summed E-state index contributed by atoms with van der Waals surface area (Å²) in [7, 11) is -3.45. The van der Waals surface area contributed by atoms with Crippen LogP contribution < -0.4 is 10.0 Å². The fourth-order valence-corrected chi connectivity index (χ4v) is 3.98. The average molecular weight is 314 g/mol. The van der Waals surface area contributed by atoms with Crippen molar-refractivity contribution in [3.63, 3.8) is 0 Å². The lowest BCUT2D eigenvalue weighted by molar-refractivity contribution is 0.549. The number of likely N-dealkylation sites (N-methyl/N-ethyl adjacent to an activating group) is 1. The van der Waals surface area contributed by atoms with Crippen molar-refractivity contribution in [1.29, 1.82) is 0 Å². The molecule has 0 aliphatic heterocycles. The van der Waals surface area contributed by atoms with Crippen molar-refractivity contribution in [3.8, 4) is 0 Å². The number of aromatic nitrogens is 2. The summed E-state index contributed by atoms with van der Waals surface area (Å²) in [5, 5.41) is 7.58. The number of hydrogen-bond donors (Lipinski definition) is 2. The van der Waals surface area contributed by atoms with Crippen LogP contribution in [0.4, 0.5) is 0 Å². The second-order valence-electron chi connectivity index (χ2n) is 5.71. The fourth-order valence-electron chi connectivity index (χ4n) is 2.52. The third-order valence-corrected chi connectivity index (χ3v) is 5.59. The van der Waals surface area contributed by atoms with E-state index in [1.165, 1.54) is 12.8 Å². The van der Waals surface area contributed by atoms with E-state index >= 15 is 0 Å².